The van der Waals surface area contributed by atoms with Crippen molar-refractivity contribution in [2.75, 3.05) is 7.05 Å². The number of hydrogen-bond acceptors (Lipinski definition) is 3. The molecule has 4 heteroatoms. The Morgan fingerprint density at radius 3 is 2.89 bits per heavy atom. The van der Waals surface area contributed by atoms with Gasteiger partial charge in [0.05, 0.1) is 0 Å². The molecule has 0 bridgehead atoms. The molecule has 0 aromatic carbocycles. The van der Waals surface area contributed by atoms with E-state index in [2.05, 4.69) is 17.1 Å². The predicted molar refractivity (Wildman–Crippen MR) is 32.3 cm³/mol. The Hall–Kier alpha value is -1.06. The van der Waals surface area contributed by atoms with Gasteiger partial charge in [-0.1, -0.05) is 0 Å². The molecule has 0 aliphatic carbocycles. The van der Waals surface area contributed by atoms with Crippen molar-refractivity contribution in [3.05, 3.63) is 6.67 Å². The molecule has 0 saturated heterocycles. The van der Waals surface area contributed by atoms with Gasteiger partial charge in [0.25, 0.3) is 5.91 Å². The van der Waals surface area contributed by atoms with Crippen molar-refractivity contribution in [1.82, 2.24) is 10.3 Å². The maximum atomic E-state index is 10.6. The Kier molecular flexibility index (Phi) is 1.38. The molecule has 0 unspecified atom stereocenters. The van der Waals surface area contributed by atoms with E-state index in [-0.39, 0.29) is 5.91 Å². The summed E-state index contributed by atoms with van der Waals surface area (Å²) in [4.78, 5) is 10.6. The van der Waals surface area contributed by atoms with Gasteiger partial charge in [-0.15, -0.1) is 0 Å². The first-order valence-corrected chi connectivity index (χ1v) is 2.55. The Morgan fingerprint density at radius 2 is 2.44 bits per heavy atom. The molecule has 1 N–H and O–H groups in total. The van der Waals surface area contributed by atoms with Crippen LogP contribution in [0.15, 0.2) is 5.10 Å². The maximum Gasteiger partial charge on any atom is 0.269 e. The van der Waals surface area contributed by atoms with Gasteiger partial charge in [0.1, 0.15) is 5.71 Å². The maximum absolute atomic E-state index is 10.6. The average molecular weight is 125 g/mol. The van der Waals surface area contributed by atoms with E-state index >= 15 is 0 Å². The lowest BCUT2D eigenvalue weighted by Gasteiger charge is -2.16. The molecule has 0 atom stereocenters. The Labute approximate surface area is 53.5 Å². The molecule has 1 aliphatic rings. The number of rotatable bonds is 0. The molecule has 0 aromatic rings. The van der Waals surface area contributed by atoms with Gasteiger partial charge in [-0.3, -0.25) is 9.80 Å². The van der Waals surface area contributed by atoms with Crippen LogP contribution >= 0.6 is 0 Å². The first kappa shape index (κ1) is 6.07. The zero-order valence-electron chi connectivity index (χ0n) is 5.30. The summed E-state index contributed by atoms with van der Waals surface area (Å²) in [5.74, 6) is -0.187. The molecule has 1 aliphatic heterocycles. The average Bonchev–Trinajstić information content (AvgIpc) is 1.80. The lowest BCUT2D eigenvalue weighted by Crippen LogP contribution is -2.38. The first-order valence-electron chi connectivity index (χ1n) is 2.55. The lowest BCUT2D eigenvalue weighted by atomic mass is 10.4. The van der Waals surface area contributed by atoms with Crippen molar-refractivity contribution in [3.8, 4) is 0 Å². The molecule has 1 heterocycles. The van der Waals surface area contributed by atoms with Crippen molar-refractivity contribution >= 4 is 11.6 Å². The van der Waals surface area contributed by atoms with E-state index in [0.717, 1.165) is 0 Å². The van der Waals surface area contributed by atoms with Gasteiger partial charge < -0.3 is 5.32 Å². The zero-order chi connectivity index (χ0) is 6.85. The molecule has 0 saturated carbocycles. The third-order valence-electron chi connectivity index (χ3n) is 0.960. The van der Waals surface area contributed by atoms with Gasteiger partial charge in [0.2, 0.25) is 6.67 Å². The Balaban J connectivity index is 2.72. The van der Waals surface area contributed by atoms with E-state index in [1.807, 2.05) is 0 Å². The number of carbonyl (C=O) groups is 1. The Morgan fingerprint density at radius 1 is 1.78 bits per heavy atom. The highest BCUT2D eigenvalue weighted by Crippen LogP contribution is 1.93. The number of carbonyl (C=O) groups excluding carboxylic acids is 1. The fourth-order valence-corrected chi connectivity index (χ4v) is 0.518. The molecule has 1 rings (SSSR count). The van der Waals surface area contributed by atoms with Crippen LogP contribution in [0, 0.1) is 6.67 Å². The second-order valence-electron chi connectivity index (χ2n) is 1.77. The van der Waals surface area contributed by atoms with Gasteiger partial charge in [-0.25, -0.2) is 0 Å². The summed E-state index contributed by atoms with van der Waals surface area (Å²) < 4.78 is 0. The van der Waals surface area contributed by atoms with Crippen LogP contribution in [0.2, 0.25) is 0 Å². The second-order valence-corrected chi connectivity index (χ2v) is 1.77. The van der Waals surface area contributed by atoms with Crippen LogP contribution in [0.25, 0.3) is 0 Å². The zero-order valence-corrected chi connectivity index (χ0v) is 5.30. The quantitative estimate of drug-likeness (QED) is 0.470. The van der Waals surface area contributed by atoms with E-state index < -0.39 is 0 Å². The summed E-state index contributed by atoms with van der Waals surface area (Å²) in [7, 11) is 1.70. The highest BCUT2D eigenvalue weighted by molar-refractivity contribution is 6.38. The molecule has 0 fully saturated rings. The summed E-state index contributed by atoms with van der Waals surface area (Å²) in [6, 6.07) is 0. The fraction of sp³-hybridized carbons (Fsp3) is 0.400. The molecule has 2 radical (unpaired) electrons. The van der Waals surface area contributed by atoms with Gasteiger partial charge in [0.15, 0.2) is 0 Å². The molecule has 0 spiro atoms. The van der Waals surface area contributed by atoms with E-state index in [1.54, 1.807) is 14.0 Å². The van der Waals surface area contributed by atoms with Crippen molar-refractivity contribution in [2.24, 2.45) is 5.10 Å². The highest BCUT2D eigenvalue weighted by atomic mass is 16.2. The second kappa shape index (κ2) is 2.05. The van der Waals surface area contributed by atoms with Crippen molar-refractivity contribution in [1.29, 1.82) is 0 Å². The third kappa shape index (κ3) is 1.19. The summed E-state index contributed by atoms with van der Waals surface area (Å²) in [5.41, 5.74) is 0.455. The molecule has 0 aromatic heterocycles. The number of amides is 1. The lowest BCUT2D eigenvalue weighted by molar-refractivity contribution is -0.115. The van der Waals surface area contributed by atoms with Crippen LogP contribution in [0.5, 0.6) is 0 Å². The molecule has 4 nitrogen and oxygen atoms in total. The normalized spacial score (nSPS) is 19.1. The van der Waals surface area contributed by atoms with Gasteiger partial charge in [-0.05, 0) is 6.92 Å². The van der Waals surface area contributed by atoms with Crippen LogP contribution < -0.4 is 5.32 Å². The summed E-state index contributed by atoms with van der Waals surface area (Å²) in [6.45, 7) is 4.15. The summed E-state index contributed by atoms with van der Waals surface area (Å²) in [5, 5.41) is 7.61. The van der Waals surface area contributed by atoms with Gasteiger partial charge in [-0.2, -0.15) is 5.10 Å². The SMILES string of the molecule is CC1=NN(C)[C]NC1=O. The minimum absolute atomic E-state index is 0.187. The predicted octanol–water partition coefficient (Wildman–Crippen LogP) is -0.580. The van der Waals surface area contributed by atoms with Crippen LogP contribution in [0.4, 0.5) is 0 Å². The standard InChI is InChI=1S/C5H7N3O/c1-4-5(9)6-3-8(2)7-4/h1-2H3,(H,6,9). The van der Waals surface area contributed by atoms with Crippen molar-refractivity contribution in [3.63, 3.8) is 0 Å². The smallest absolute Gasteiger partial charge is 0.269 e. The molecule has 48 valence electrons. The monoisotopic (exact) mass is 125 g/mol. The van der Waals surface area contributed by atoms with E-state index in [1.165, 1.54) is 5.01 Å². The minimum atomic E-state index is -0.187. The number of hydrogen-bond donors (Lipinski definition) is 1. The fourth-order valence-electron chi connectivity index (χ4n) is 0.518. The third-order valence-corrected chi connectivity index (χ3v) is 0.960. The van der Waals surface area contributed by atoms with E-state index in [0.29, 0.717) is 5.71 Å². The molecular formula is C5H7N3O. The number of nitrogens with zero attached hydrogens (tertiary/aromatic N) is 2. The summed E-state index contributed by atoms with van der Waals surface area (Å²) in [6.07, 6.45) is 0. The topological polar surface area (TPSA) is 44.7 Å². The van der Waals surface area contributed by atoms with Crippen LogP contribution in [0.1, 0.15) is 6.92 Å². The molecule has 9 heavy (non-hydrogen) atoms. The summed E-state index contributed by atoms with van der Waals surface area (Å²) >= 11 is 0. The van der Waals surface area contributed by atoms with Crippen LogP contribution in [-0.4, -0.2) is 23.7 Å². The van der Waals surface area contributed by atoms with Crippen molar-refractivity contribution < 1.29 is 4.79 Å². The first-order chi connectivity index (χ1) is 4.20. The largest absolute Gasteiger partial charge is 0.319 e. The minimum Gasteiger partial charge on any atom is -0.319 e. The Bertz CT molecular complexity index is 164. The molecule has 1 amide bonds. The van der Waals surface area contributed by atoms with Gasteiger partial charge >= 0.3 is 0 Å². The van der Waals surface area contributed by atoms with Crippen molar-refractivity contribution in [2.45, 2.75) is 6.92 Å². The van der Waals surface area contributed by atoms with Crippen LogP contribution in [0.3, 0.4) is 0 Å². The van der Waals surface area contributed by atoms with E-state index in [9.17, 15) is 4.79 Å². The highest BCUT2D eigenvalue weighted by Gasteiger charge is 2.13. The number of nitrogens with one attached hydrogen (secondary N) is 1. The number of hydrazone groups is 1. The van der Waals surface area contributed by atoms with E-state index in [4.69, 9.17) is 0 Å². The van der Waals surface area contributed by atoms with Crippen LogP contribution in [-0.2, 0) is 4.79 Å². The molecular weight excluding hydrogens is 118 g/mol. The van der Waals surface area contributed by atoms with Gasteiger partial charge in [0, 0.05) is 7.05 Å².